The number of ether oxygens (including phenoxy) is 1. The molecule has 0 amide bonds. The number of ketones is 1. The number of hydrogen-bond acceptors (Lipinski definition) is 7. The van der Waals surface area contributed by atoms with E-state index >= 15 is 0 Å². The van der Waals surface area contributed by atoms with E-state index in [9.17, 15) is 9.90 Å². The van der Waals surface area contributed by atoms with E-state index in [0.29, 0.717) is 35.2 Å². The molecule has 1 aliphatic carbocycles. The first-order chi connectivity index (χ1) is 15.4. The molecule has 2 heterocycles. The molecule has 168 valence electrons. The quantitative estimate of drug-likeness (QED) is 0.467. The zero-order chi connectivity index (χ0) is 22.7. The summed E-state index contributed by atoms with van der Waals surface area (Å²) in [6, 6.07) is 10.0. The molecule has 0 saturated heterocycles. The van der Waals surface area contributed by atoms with Crippen LogP contribution < -0.4 is 10.1 Å². The van der Waals surface area contributed by atoms with Crippen LogP contribution in [0.15, 0.2) is 48.2 Å². The predicted octanol–water partition coefficient (Wildman–Crippen LogP) is 5.04. The van der Waals surface area contributed by atoms with Gasteiger partial charge in [0, 0.05) is 17.8 Å². The van der Waals surface area contributed by atoms with Crippen LogP contribution in [0.3, 0.4) is 0 Å². The summed E-state index contributed by atoms with van der Waals surface area (Å²) in [6.45, 7) is 6.73. The second-order valence-electron chi connectivity index (χ2n) is 8.77. The smallest absolute Gasteiger partial charge is 0.208 e. The highest BCUT2D eigenvalue weighted by atomic mass is 32.1. The molecule has 32 heavy (non-hydrogen) atoms. The molecule has 1 aliphatic rings. The Bertz CT molecular complexity index is 1070. The Morgan fingerprint density at radius 1 is 1.31 bits per heavy atom. The summed E-state index contributed by atoms with van der Waals surface area (Å²) in [6.07, 6.45) is 4.16. The minimum atomic E-state index is -0.325. The van der Waals surface area contributed by atoms with Gasteiger partial charge in [-0.15, -0.1) is 11.3 Å². The van der Waals surface area contributed by atoms with E-state index in [1.807, 2.05) is 36.6 Å². The number of nitrogens with one attached hydrogen (secondary N) is 1. The molecule has 1 aromatic carbocycles. The molecular formula is C25H29N3O3S. The Kier molecular flexibility index (Phi) is 6.86. The van der Waals surface area contributed by atoms with Crippen LogP contribution in [0.2, 0.25) is 0 Å². The second kappa shape index (κ2) is 9.79. The highest BCUT2D eigenvalue weighted by Gasteiger charge is 2.30. The van der Waals surface area contributed by atoms with Gasteiger partial charge >= 0.3 is 0 Å². The molecule has 0 radical (unpaired) electrons. The van der Waals surface area contributed by atoms with E-state index in [-0.39, 0.29) is 23.8 Å². The van der Waals surface area contributed by atoms with Gasteiger partial charge < -0.3 is 15.2 Å². The lowest BCUT2D eigenvalue weighted by molar-refractivity contribution is 0.104. The van der Waals surface area contributed by atoms with E-state index in [4.69, 9.17) is 4.74 Å². The van der Waals surface area contributed by atoms with Crippen LogP contribution >= 0.6 is 11.3 Å². The van der Waals surface area contributed by atoms with E-state index in [2.05, 4.69) is 35.2 Å². The monoisotopic (exact) mass is 451 g/mol. The van der Waals surface area contributed by atoms with Gasteiger partial charge in [-0.3, -0.25) is 4.79 Å². The first-order valence-electron chi connectivity index (χ1n) is 11.0. The third-order valence-electron chi connectivity index (χ3n) is 5.95. The molecule has 2 N–H and O–H groups in total. The van der Waals surface area contributed by atoms with Gasteiger partial charge in [0.1, 0.15) is 24.5 Å². The van der Waals surface area contributed by atoms with Gasteiger partial charge in [0.2, 0.25) is 5.78 Å². The largest absolute Gasteiger partial charge is 0.489 e. The van der Waals surface area contributed by atoms with E-state index in [1.54, 1.807) is 6.20 Å². The summed E-state index contributed by atoms with van der Waals surface area (Å²) in [5.41, 5.74) is 2.57. The fraction of sp³-hybridized carbons (Fsp3) is 0.400. The van der Waals surface area contributed by atoms with Crippen molar-refractivity contribution in [2.24, 2.45) is 5.92 Å². The van der Waals surface area contributed by atoms with E-state index in [1.165, 1.54) is 23.2 Å². The average molecular weight is 452 g/mol. The van der Waals surface area contributed by atoms with Gasteiger partial charge in [-0.25, -0.2) is 9.97 Å². The van der Waals surface area contributed by atoms with Crippen LogP contribution in [-0.4, -0.2) is 33.0 Å². The van der Waals surface area contributed by atoms with Crippen LogP contribution in [-0.2, 0) is 6.61 Å². The van der Waals surface area contributed by atoms with Crippen LogP contribution in [0.25, 0.3) is 0 Å². The van der Waals surface area contributed by atoms with Crippen molar-refractivity contribution in [3.05, 3.63) is 69.8 Å². The Morgan fingerprint density at radius 3 is 2.88 bits per heavy atom. The predicted molar refractivity (Wildman–Crippen MR) is 126 cm³/mol. The number of rotatable bonds is 8. The molecule has 0 spiro atoms. The van der Waals surface area contributed by atoms with Gasteiger partial charge in [-0.2, -0.15) is 0 Å². The van der Waals surface area contributed by atoms with Crippen molar-refractivity contribution in [2.45, 2.75) is 58.3 Å². The number of anilines is 1. The number of aliphatic hydroxyl groups excluding tert-OH is 1. The molecule has 0 unspecified atom stereocenters. The third kappa shape index (κ3) is 5.00. The second-order valence-corrected chi connectivity index (χ2v) is 9.68. The molecule has 3 atom stereocenters. The molecule has 0 bridgehead atoms. The number of nitrogens with zero attached hydrogens (tertiary/aromatic N) is 2. The molecule has 3 aromatic rings. The van der Waals surface area contributed by atoms with Gasteiger partial charge in [0.15, 0.2) is 0 Å². The topological polar surface area (TPSA) is 84.3 Å². The van der Waals surface area contributed by atoms with E-state index < -0.39 is 0 Å². The normalized spacial score (nSPS) is 20.5. The molecular weight excluding hydrogens is 422 g/mol. The number of carbonyl (C=O) groups is 1. The maximum atomic E-state index is 13.2. The number of hydrogen-bond donors (Lipinski definition) is 2. The first-order valence-corrected chi connectivity index (χ1v) is 11.9. The fourth-order valence-corrected chi connectivity index (χ4v) is 4.95. The molecule has 1 saturated carbocycles. The zero-order valence-electron chi connectivity index (χ0n) is 18.6. The lowest BCUT2D eigenvalue weighted by Crippen LogP contribution is -2.20. The van der Waals surface area contributed by atoms with Crippen molar-refractivity contribution >= 4 is 22.9 Å². The van der Waals surface area contributed by atoms with Gasteiger partial charge in [0.05, 0.1) is 16.5 Å². The molecule has 1 fully saturated rings. The van der Waals surface area contributed by atoms with Crippen LogP contribution in [0.5, 0.6) is 5.75 Å². The molecule has 0 aliphatic heterocycles. The molecule has 2 aromatic heterocycles. The minimum Gasteiger partial charge on any atom is -0.489 e. The Labute approximate surface area is 192 Å². The van der Waals surface area contributed by atoms with Crippen molar-refractivity contribution < 1.29 is 14.6 Å². The third-order valence-corrected chi connectivity index (χ3v) is 6.93. The maximum Gasteiger partial charge on any atom is 0.208 e. The van der Waals surface area contributed by atoms with Gasteiger partial charge in [-0.1, -0.05) is 39.0 Å². The summed E-state index contributed by atoms with van der Waals surface area (Å²) in [5.74, 6) is 1.89. The van der Waals surface area contributed by atoms with Crippen LogP contribution in [0, 0.1) is 5.92 Å². The SMILES string of the molecule is CC(C)c1ccccc1OCc1csc(C(=O)c2cncnc2N[C@@H]2C[C@@H](C)[C@@H](O)C2)c1. The fourth-order valence-electron chi connectivity index (χ4n) is 4.10. The Balaban J connectivity index is 1.45. The Hall–Kier alpha value is -2.77. The summed E-state index contributed by atoms with van der Waals surface area (Å²) >= 11 is 1.40. The van der Waals surface area contributed by atoms with E-state index in [0.717, 1.165) is 17.7 Å². The first kappa shape index (κ1) is 22.4. The summed E-state index contributed by atoms with van der Waals surface area (Å²) in [7, 11) is 0. The summed E-state index contributed by atoms with van der Waals surface area (Å²) in [5, 5.41) is 15.3. The average Bonchev–Trinajstić information content (AvgIpc) is 3.38. The lowest BCUT2D eigenvalue weighted by Gasteiger charge is -2.15. The van der Waals surface area contributed by atoms with Crippen LogP contribution in [0.4, 0.5) is 5.82 Å². The number of carbonyl (C=O) groups excluding carboxylic acids is 1. The van der Waals surface area contributed by atoms with Crippen molar-refractivity contribution in [3.63, 3.8) is 0 Å². The van der Waals surface area contributed by atoms with Crippen molar-refractivity contribution in [1.29, 1.82) is 0 Å². The molecule has 6 nitrogen and oxygen atoms in total. The van der Waals surface area contributed by atoms with Crippen molar-refractivity contribution in [1.82, 2.24) is 9.97 Å². The Morgan fingerprint density at radius 2 is 2.12 bits per heavy atom. The van der Waals surface area contributed by atoms with Gasteiger partial charge in [-0.05, 0) is 47.8 Å². The number of aliphatic hydroxyl groups is 1. The summed E-state index contributed by atoms with van der Waals surface area (Å²) < 4.78 is 6.05. The van der Waals surface area contributed by atoms with Gasteiger partial charge in [0.25, 0.3) is 0 Å². The molecule has 4 rings (SSSR count). The summed E-state index contributed by atoms with van der Waals surface area (Å²) in [4.78, 5) is 22.2. The van der Waals surface area contributed by atoms with Crippen molar-refractivity contribution in [2.75, 3.05) is 5.32 Å². The zero-order valence-corrected chi connectivity index (χ0v) is 19.4. The number of para-hydroxylation sites is 1. The highest BCUT2D eigenvalue weighted by Crippen LogP contribution is 2.30. The van der Waals surface area contributed by atoms with Crippen LogP contribution in [0.1, 0.15) is 65.9 Å². The lowest BCUT2D eigenvalue weighted by atomic mass is 10.0. The molecule has 7 heteroatoms. The number of benzene rings is 1. The maximum absolute atomic E-state index is 13.2. The number of aromatic nitrogens is 2. The van der Waals surface area contributed by atoms with Crippen molar-refractivity contribution in [3.8, 4) is 5.75 Å². The number of thiophene rings is 1. The standard InChI is InChI=1S/C25H29N3O3S/c1-15(2)19-6-4-5-7-22(19)31-12-17-9-23(32-13-17)24(30)20-11-26-14-27-25(20)28-18-8-16(3)21(29)10-18/h4-7,9,11,13-16,18,21,29H,8,10,12H2,1-3H3,(H,26,27,28)/t16-,18-,21+/m1/s1. The minimum absolute atomic E-state index is 0.0924. The highest BCUT2D eigenvalue weighted by molar-refractivity contribution is 7.12.